The molecule has 0 aliphatic heterocycles. The molecule has 0 fully saturated rings. The van der Waals surface area contributed by atoms with Gasteiger partial charge in [0.1, 0.15) is 0 Å². The number of benzene rings is 2. The summed E-state index contributed by atoms with van der Waals surface area (Å²) >= 11 is 0. The minimum atomic E-state index is 0.337. The first-order valence-electron chi connectivity index (χ1n) is 8.51. The number of hydrogen-bond donors (Lipinski definition) is 0. The van der Waals surface area contributed by atoms with Crippen molar-refractivity contribution in [3.63, 3.8) is 0 Å². The predicted octanol–water partition coefficient (Wildman–Crippen LogP) is 4.99. The van der Waals surface area contributed by atoms with Gasteiger partial charge in [0.25, 0.3) is 0 Å². The second-order valence-corrected chi connectivity index (χ2v) is 6.77. The lowest BCUT2D eigenvalue weighted by Gasteiger charge is -2.27. The molecule has 0 radical (unpaired) electrons. The zero-order valence-electron chi connectivity index (χ0n) is 13.2. The van der Waals surface area contributed by atoms with E-state index in [1.165, 1.54) is 36.8 Å². The Morgan fingerprint density at radius 3 is 1.67 bits per heavy atom. The molecular formula is C21H24. The van der Waals surface area contributed by atoms with Crippen molar-refractivity contribution >= 4 is 0 Å². The monoisotopic (exact) mass is 276 g/mol. The smallest absolute Gasteiger partial charge is 0.0214 e. The Kier molecular flexibility index (Phi) is 2.96. The first-order chi connectivity index (χ1) is 10.3. The third-order valence-electron chi connectivity index (χ3n) is 5.83. The normalized spacial score (nSPS) is 18.0. The molecule has 108 valence electrons. The van der Waals surface area contributed by atoms with Crippen LogP contribution in [-0.4, -0.2) is 0 Å². The highest BCUT2D eigenvalue weighted by Gasteiger charge is 2.44. The fourth-order valence-electron chi connectivity index (χ4n) is 4.59. The van der Waals surface area contributed by atoms with Gasteiger partial charge in [-0.15, -0.1) is 0 Å². The molecule has 1 spiro atoms. The molecule has 2 aliphatic rings. The molecule has 0 bridgehead atoms. The van der Waals surface area contributed by atoms with Gasteiger partial charge in [0.05, 0.1) is 0 Å². The summed E-state index contributed by atoms with van der Waals surface area (Å²) in [6.07, 6.45) is 7.45. The lowest BCUT2D eigenvalue weighted by Crippen LogP contribution is -2.21. The van der Waals surface area contributed by atoms with Crippen molar-refractivity contribution in [3.05, 3.63) is 69.8 Å². The van der Waals surface area contributed by atoms with Crippen molar-refractivity contribution in [3.8, 4) is 0 Å². The molecule has 2 aromatic carbocycles. The Hall–Kier alpha value is -1.56. The molecular weight excluding hydrogens is 252 g/mol. The van der Waals surface area contributed by atoms with E-state index in [9.17, 15) is 0 Å². The van der Waals surface area contributed by atoms with Gasteiger partial charge >= 0.3 is 0 Å². The van der Waals surface area contributed by atoms with Gasteiger partial charge in [-0.25, -0.2) is 0 Å². The van der Waals surface area contributed by atoms with Gasteiger partial charge in [0.2, 0.25) is 0 Å². The summed E-state index contributed by atoms with van der Waals surface area (Å²) in [6.45, 7) is 4.51. The van der Waals surface area contributed by atoms with Gasteiger partial charge in [0.15, 0.2) is 0 Å². The Morgan fingerprint density at radius 1 is 0.762 bits per heavy atom. The Balaban J connectivity index is 1.84. The number of rotatable bonds is 2. The first-order valence-corrected chi connectivity index (χ1v) is 8.51. The van der Waals surface area contributed by atoms with Gasteiger partial charge in [-0.05, 0) is 71.9 Å². The fourth-order valence-corrected chi connectivity index (χ4v) is 4.59. The average Bonchev–Trinajstić information content (AvgIpc) is 3.09. The predicted molar refractivity (Wildman–Crippen MR) is 89.1 cm³/mol. The van der Waals surface area contributed by atoms with Gasteiger partial charge in [-0.2, -0.15) is 0 Å². The third kappa shape index (κ3) is 1.81. The topological polar surface area (TPSA) is 0 Å². The lowest BCUT2D eigenvalue weighted by atomic mass is 9.76. The van der Waals surface area contributed by atoms with Crippen molar-refractivity contribution in [2.75, 3.05) is 0 Å². The van der Waals surface area contributed by atoms with Gasteiger partial charge in [-0.3, -0.25) is 0 Å². The van der Waals surface area contributed by atoms with E-state index in [0.717, 1.165) is 12.8 Å². The van der Waals surface area contributed by atoms with Crippen molar-refractivity contribution in [2.45, 2.75) is 57.8 Å². The van der Waals surface area contributed by atoms with E-state index in [0.29, 0.717) is 5.41 Å². The van der Waals surface area contributed by atoms with Crippen LogP contribution in [0, 0.1) is 0 Å². The van der Waals surface area contributed by atoms with Crippen LogP contribution in [0.15, 0.2) is 36.4 Å². The molecule has 0 aromatic heterocycles. The van der Waals surface area contributed by atoms with Crippen LogP contribution < -0.4 is 0 Å². The van der Waals surface area contributed by atoms with Crippen molar-refractivity contribution in [1.29, 1.82) is 0 Å². The van der Waals surface area contributed by atoms with Crippen LogP contribution in [0.1, 0.15) is 60.1 Å². The Labute approximate surface area is 128 Å². The molecule has 4 rings (SSSR count). The molecule has 0 saturated heterocycles. The molecule has 0 atom stereocenters. The summed E-state index contributed by atoms with van der Waals surface area (Å²) in [6, 6.07) is 14.5. The van der Waals surface area contributed by atoms with Gasteiger partial charge in [-0.1, -0.05) is 50.2 Å². The van der Waals surface area contributed by atoms with E-state index >= 15 is 0 Å². The van der Waals surface area contributed by atoms with Crippen LogP contribution in [-0.2, 0) is 31.1 Å². The highest BCUT2D eigenvalue weighted by atomic mass is 14.5. The largest absolute Gasteiger partial charge is 0.0613 e. The molecule has 0 N–H and O–H groups in total. The summed E-state index contributed by atoms with van der Waals surface area (Å²) in [5.74, 6) is 0. The van der Waals surface area contributed by atoms with Crippen LogP contribution in [0.3, 0.4) is 0 Å². The summed E-state index contributed by atoms with van der Waals surface area (Å²) in [4.78, 5) is 0. The minimum absolute atomic E-state index is 0.337. The number of aryl methyl sites for hydroxylation is 4. The summed E-state index contributed by atoms with van der Waals surface area (Å²) in [7, 11) is 0. The maximum atomic E-state index is 2.46. The van der Waals surface area contributed by atoms with Crippen molar-refractivity contribution in [2.24, 2.45) is 0 Å². The Morgan fingerprint density at radius 2 is 1.24 bits per heavy atom. The van der Waals surface area contributed by atoms with Crippen LogP contribution in [0.5, 0.6) is 0 Å². The molecule has 0 saturated carbocycles. The summed E-state index contributed by atoms with van der Waals surface area (Å²) in [5.41, 5.74) is 9.80. The highest BCUT2D eigenvalue weighted by molar-refractivity contribution is 5.55. The average molecular weight is 276 g/mol. The van der Waals surface area contributed by atoms with Crippen molar-refractivity contribution in [1.82, 2.24) is 0 Å². The lowest BCUT2D eigenvalue weighted by molar-refractivity contribution is 0.507. The molecule has 0 heterocycles. The quantitative estimate of drug-likeness (QED) is 0.725. The van der Waals surface area contributed by atoms with E-state index in [1.54, 1.807) is 22.3 Å². The SMILES string of the molecule is CCc1ccc2c(c1)CCC21CCc2cc(CC)ccc21. The summed E-state index contributed by atoms with van der Waals surface area (Å²) in [5, 5.41) is 0. The molecule has 0 amide bonds. The van der Waals surface area contributed by atoms with Crippen LogP contribution in [0.25, 0.3) is 0 Å². The van der Waals surface area contributed by atoms with E-state index in [1.807, 2.05) is 0 Å². The van der Waals surface area contributed by atoms with E-state index < -0.39 is 0 Å². The maximum absolute atomic E-state index is 2.46. The van der Waals surface area contributed by atoms with E-state index in [-0.39, 0.29) is 0 Å². The highest BCUT2D eigenvalue weighted by Crippen LogP contribution is 2.52. The molecule has 2 aliphatic carbocycles. The van der Waals surface area contributed by atoms with Crippen LogP contribution >= 0.6 is 0 Å². The molecule has 0 nitrogen and oxygen atoms in total. The second kappa shape index (κ2) is 4.73. The number of hydrogen-bond acceptors (Lipinski definition) is 0. The maximum Gasteiger partial charge on any atom is 0.0214 e. The number of fused-ring (bicyclic) bond motifs is 4. The van der Waals surface area contributed by atoms with E-state index in [4.69, 9.17) is 0 Å². The summed E-state index contributed by atoms with van der Waals surface area (Å²) < 4.78 is 0. The second-order valence-electron chi connectivity index (χ2n) is 6.77. The van der Waals surface area contributed by atoms with Crippen molar-refractivity contribution < 1.29 is 0 Å². The first kappa shape index (κ1) is 13.1. The van der Waals surface area contributed by atoms with E-state index in [2.05, 4.69) is 50.2 Å². The standard InChI is InChI=1S/C21H24/c1-3-15-5-7-19-17(13-15)9-11-21(19)12-10-18-14-16(4-2)6-8-20(18)21/h5-8,13-14H,3-4,9-12H2,1-2H3. The molecule has 21 heavy (non-hydrogen) atoms. The van der Waals surface area contributed by atoms with Gasteiger partial charge in [0, 0.05) is 5.41 Å². The zero-order chi connectivity index (χ0) is 14.4. The molecule has 2 aromatic rings. The van der Waals surface area contributed by atoms with Crippen LogP contribution in [0.4, 0.5) is 0 Å². The van der Waals surface area contributed by atoms with Gasteiger partial charge < -0.3 is 0 Å². The Bertz CT molecular complexity index is 632. The third-order valence-corrected chi connectivity index (χ3v) is 5.83. The van der Waals surface area contributed by atoms with Crippen LogP contribution in [0.2, 0.25) is 0 Å². The molecule has 0 heteroatoms. The fraction of sp³-hybridized carbons (Fsp3) is 0.429. The minimum Gasteiger partial charge on any atom is -0.0613 e. The zero-order valence-corrected chi connectivity index (χ0v) is 13.2. The molecule has 0 unspecified atom stereocenters.